The van der Waals surface area contributed by atoms with Crippen LogP contribution in [0.15, 0.2) is 24.3 Å². The molecule has 6 heterocycles. The number of nitrogens with zero attached hydrogens (tertiary/aromatic N) is 9. The Hall–Kier alpha value is -3.22. The summed E-state index contributed by atoms with van der Waals surface area (Å²) < 4.78 is 36.5. The zero-order chi connectivity index (χ0) is 27.4. The number of para-hydroxylation sites is 2. The van der Waals surface area contributed by atoms with E-state index in [2.05, 4.69) is 31.9 Å². The maximum atomic E-state index is 13.4. The summed E-state index contributed by atoms with van der Waals surface area (Å²) in [5.41, 5.74) is 3.49. The molecule has 40 heavy (non-hydrogen) atoms. The number of aromatic nitrogens is 6. The van der Waals surface area contributed by atoms with E-state index < -0.39 is 5.92 Å². The van der Waals surface area contributed by atoms with Crippen molar-refractivity contribution in [3.8, 4) is 5.95 Å². The fraction of sp³-hybridized carbons (Fsp3) is 0.571. The molecular formula is C28H35F2N9O. The number of anilines is 1. The number of hydrogen-bond acceptors (Lipinski definition) is 8. The minimum atomic E-state index is -2.51. The van der Waals surface area contributed by atoms with Gasteiger partial charge in [-0.1, -0.05) is 19.1 Å². The number of imidazole rings is 2. The average molecular weight is 552 g/mol. The second-order valence-electron chi connectivity index (χ2n) is 11.2. The van der Waals surface area contributed by atoms with E-state index in [1.54, 1.807) is 0 Å². The Morgan fingerprint density at radius 1 is 0.950 bits per heavy atom. The molecule has 0 N–H and O–H groups in total. The molecule has 10 nitrogen and oxygen atoms in total. The summed E-state index contributed by atoms with van der Waals surface area (Å²) in [5.74, 6) is 0.752. The van der Waals surface area contributed by atoms with Crippen LogP contribution in [0, 0.1) is 0 Å². The highest BCUT2D eigenvalue weighted by Crippen LogP contribution is 2.33. The second-order valence-corrected chi connectivity index (χ2v) is 11.2. The second kappa shape index (κ2) is 10.0. The van der Waals surface area contributed by atoms with Crippen molar-refractivity contribution in [2.45, 2.75) is 44.7 Å². The third-order valence-electron chi connectivity index (χ3n) is 8.55. The molecule has 12 heteroatoms. The molecular weight excluding hydrogens is 516 g/mol. The third kappa shape index (κ3) is 4.51. The van der Waals surface area contributed by atoms with Crippen LogP contribution in [0.1, 0.15) is 31.4 Å². The van der Waals surface area contributed by atoms with E-state index >= 15 is 0 Å². The van der Waals surface area contributed by atoms with Crippen molar-refractivity contribution in [3.63, 3.8) is 0 Å². The molecule has 4 aromatic rings. The molecule has 0 aliphatic carbocycles. The Bertz CT molecular complexity index is 1530. The highest BCUT2D eigenvalue weighted by Gasteiger charge is 2.46. The SMILES string of the molecule is CCc1nc2ccccc2n1-c1nc(N2CCOCC2)c2nc(CN3CCC(N4CC(F)(F)C4)CC3)n(C)c2n1. The standard InChI is InChI=1S/C28H35F2N9O/c1-3-22-31-20-6-4-5-7-21(20)39(22)27-33-25-24(26(34-27)37-12-14-40-15-13-37)32-23(35(25)2)16-36-10-8-19(9-11-36)38-17-28(29,30)18-38/h4-7,19H,3,8-18H2,1-2H3. The molecule has 3 aliphatic rings. The van der Waals surface area contributed by atoms with Gasteiger partial charge in [0.15, 0.2) is 17.0 Å². The Labute approximate surface area is 231 Å². The molecule has 1 aromatic carbocycles. The first-order chi connectivity index (χ1) is 19.4. The largest absolute Gasteiger partial charge is 0.378 e. The number of fused-ring (bicyclic) bond motifs is 2. The fourth-order valence-electron chi connectivity index (χ4n) is 6.30. The molecule has 0 amide bonds. The minimum absolute atomic E-state index is 0.0975. The van der Waals surface area contributed by atoms with Crippen LogP contribution in [-0.2, 0) is 24.8 Å². The van der Waals surface area contributed by atoms with Gasteiger partial charge in [-0.2, -0.15) is 9.97 Å². The van der Waals surface area contributed by atoms with Gasteiger partial charge in [-0.15, -0.1) is 0 Å². The number of alkyl halides is 2. The van der Waals surface area contributed by atoms with E-state index in [-0.39, 0.29) is 19.1 Å². The maximum absolute atomic E-state index is 13.4. The minimum Gasteiger partial charge on any atom is -0.378 e. The van der Waals surface area contributed by atoms with E-state index in [1.807, 2.05) is 30.1 Å². The molecule has 0 unspecified atom stereocenters. The molecule has 0 atom stereocenters. The summed E-state index contributed by atoms with van der Waals surface area (Å²) in [6, 6.07) is 8.34. The quantitative estimate of drug-likeness (QED) is 0.362. The van der Waals surface area contributed by atoms with Crippen LogP contribution in [0.2, 0.25) is 0 Å². The lowest BCUT2D eigenvalue weighted by Gasteiger charge is -2.46. The molecule has 3 aliphatic heterocycles. The number of likely N-dealkylation sites (tertiary alicyclic amines) is 2. The van der Waals surface area contributed by atoms with Crippen LogP contribution < -0.4 is 4.90 Å². The molecule has 3 fully saturated rings. The lowest BCUT2D eigenvalue weighted by Crippen LogP contribution is -2.61. The van der Waals surface area contributed by atoms with Crippen LogP contribution in [0.5, 0.6) is 0 Å². The molecule has 7 rings (SSSR count). The molecule has 0 spiro atoms. The highest BCUT2D eigenvalue weighted by atomic mass is 19.3. The van der Waals surface area contributed by atoms with Crippen molar-refractivity contribution < 1.29 is 13.5 Å². The van der Waals surface area contributed by atoms with Gasteiger partial charge in [-0.3, -0.25) is 14.4 Å². The summed E-state index contributed by atoms with van der Waals surface area (Å²) in [4.78, 5) is 26.7. The predicted molar refractivity (Wildman–Crippen MR) is 148 cm³/mol. The van der Waals surface area contributed by atoms with Crippen LogP contribution in [0.3, 0.4) is 0 Å². The van der Waals surface area contributed by atoms with Gasteiger partial charge in [0.05, 0.1) is 43.9 Å². The summed E-state index contributed by atoms with van der Waals surface area (Å²) >= 11 is 0. The number of benzene rings is 1. The molecule has 3 saturated heterocycles. The zero-order valence-corrected chi connectivity index (χ0v) is 23.1. The smallest absolute Gasteiger partial charge is 0.272 e. The lowest BCUT2D eigenvalue weighted by molar-refractivity contribution is -0.151. The first-order valence-corrected chi connectivity index (χ1v) is 14.3. The number of aryl methyl sites for hydroxylation is 2. The van der Waals surface area contributed by atoms with Gasteiger partial charge in [0.25, 0.3) is 5.92 Å². The first kappa shape index (κ1) is 25.7. The summed E-state index contributed by atoms with van der Waals surface area (Å²) in [6.45, 7) is 7.09. The van der Waals surface area contributed by atoms with Crippen molar-refractivity contribution in [2.24, 2.45) is 7.05 Å². The normalized spacial score (nSPS) is 20.9. The fourth-order valence-corrected chi connectivity index (χ4v) is 6.30. The number of morpholine rings is 1. The van der Waals surface area contributed by atoms with Crippen molar-refractivity contribution in [2.75, 3.05) is 57.4 Å². The van der Waals surface area contributed by atoms with E-state index in [0.717, 1.165) is 85.1 Å². The predicted octanol–water partition coefficient (Wildman–Crippen LogP) is 3.02. The first-order valence-electron chi connectivity index (χ1n) is 14.3. The van der Waals surface area contributed by atoms with Crippen molar-refractivity contribution in [1.82, 2.24) is 38.9 Å². The molecule has 0 saturated carbocycles. The van der Waals surface area contributed by atoms with E-state index in [4.69, 9.17) is 24.7 Å². The van der Waals surface area contributed by atoms with Crippen LogP contribution >= 0.6 is 0 Å². The third-order valence-corrected chi connectivity index (χ3v) is 8.55. The van der Waals surface area contributed by atoms with Crippen molar-refractivity contribution in [1.29, 1.82) is 0 Å². The van der Waals surface area contributed by atoms with Crippen LogP contribution in [-0.4, -0.2) is 103 Å². The van der Waals surface area contributed by atoms with Gasteiger partial charge in [-0.25, -0.2) is 18.7 Å². The Kier molecular flexibility index (Phi) is 6.43. The van der Waals surface area contributed by atoms with Gasteiger partial charge in [0.2, 0.25) is 5.95 Å². The topological polar surface area (TPSA) is 80.4 Å². The molecule has 212 valence electrons. The van der Waals surface area contributed by atoms with Crippen LogP contribution in [0.4, 0.5) is 14.6 Å². The van der Waals surface area contributed by atoms with E-state index in [9.17, 15) is 8.78 Å². The summed E-state index contributed by atoms with van der Waals surface area (Å²) in [6.07, 6.45) is 2.55. The monoisotopic (exact) mass is 551 g/mol. The average Bonchev–Trinajstić information content (AvgIpc) is 3.49. The Balaban J connectivity index is 1.23. The number of rotatable bonds is 6. The van der Waals surface area contributed by atoms with Crippen molar-refractivity contribution in [3.05, 3.63) is 35.9 Å². The molecule has 3 aromatic heterocycles. The molecule has 0 radical (unpaired) electrons. The lowest BCUT2D eigenvalue weighted by atomic mass is 9.98. The van der Waals surface area contributed by atoms with Gasteiger partial charge < -0.3 is 14.2 Å². The van der Waals surface area contributed by atoms with E-state index in [0.29, 0.717) is 25.7 Å². The number of piperidine rings is 1. The number of halogens is 2. The van der Waals surface area contributed by atoms with Crippen LogP contribution in [0.25, 0.3) is 28.1 Å². The maximum Gasteiger partial charge on any atom is 0.272 e. The van der Waals surface area contributed by atoms with Gasteiger partial charge in [-0.05, 0) is 25.0 Å². The van der Waals surface area contributed by atoms with Gasteiger partial charge >= 0.3 is 0 Å². The van der Waals surface area contributed by atoms with Crippen molar-refractivity contribution >= 4 is 28.0 Å². The highest BCUT2D eigenvalue weighted by molar-refractivity contribution is 5.86. The zero-order valence-electron chi connectivity index (χ0n) is 23.1. The summed E-state index contributed by atoms with van der Waals surface area (Å²) in [7, 11) is 2.02. The summed E-state index contributed by atoms with van der Waals surface area (Å²) in [5, 5.41) is 0. The molecule has 0 bridgehead atoms. The Morgan fingerprint density at radius 3 is 2.42 bits per heavy atom. The number of ether oxygens (including phenoxy) is 1. The van der Waals surface area contributed by atoms with Gasteiger partial charge in [0, 0.05) is 45.7 Å². The van der Waals surface area contributed by atoms with E-state index in [1.165, 1.54) is 0 Å². The number of hydrogen-bond donors (Lipinski definition) is 0. The van der Waals surface area contributed by atoms with Gasteiger partial charge in [0.1, 0.15) is 11.6 Å². The Morgan fingerprint density at radius 2 is 1.70 bits per heavy atom.